The molecule has 20 heavy (non-hydrogen) atoms. The average molecular weight is 280 g/mol. The van der Waals surface area contributed by atoms with Gasteiger partial charge in [-0.3, -0.25) is 11.3 Å². The molecule has 2 aromatic carbocycles. The normalized spacial score (nSPS) is 12.4. The van der Waals surface area contributed by atoms with E-state index in [4.69, 9.17) is 5.84 Å². The zero-order valence-electron chi connectivity index (χ0n) is 10.7. The highest BCUT2D eigenvalue weighted by Gasteiger charge is 2.13. The second kappa shape index (κ2) is 6.54. The van der Waals surface area contributed by atoms with Crippen LogP contribution in [0.5, 0.6) is 0 Å². The first kappa shape index (κ1) is 14.6. The molecule has 0 radical (unpaired) electrons. The lowest BCUT2D eigenvalue weighted by atomic mass is 9.99. The minimum atomic E-state index is -0.497. The van der Waals surface area contributed by atoms with Crippen LogP contribution in [0.1, 0.15) is 11.1 Å². The number of rotatable bonds is 5. The summed E-state index contributed by atoms with van der Waals surface area (Å²) in [5, 5.41) is 0. The van der Waals surface area contributed by atoms with Gasteiger partial charge in [-0.25, -0.2) is 13.2 Å². The molecule has 2 nitrogen and oxygen atoms in total. The Morgan fingerprint density at radius 1 is 0.950 bits per heavy atom. The van der Waals surface area contributed by atoms with Gasteiger partial charge in [0.05, 0.1) is 0 Å². The Hall–Kier alpha value is -1.85. The largest absolute Gasteiger partial charge is 0.271 e. The summed E-state index contributed by atoms with van der Waals surface area (Å²) in [6.07, 6.45) is 0.640. The van der Waals surface area contributed by atoms with E-state index in [-0.39, 0.29) is 23.8 Å². The van der Waals surface area contributed by atoms with Crippen LogP contribution < -0.4 is 11.3 Å². The van der Waals surface area contributed by atoms with Crippen LogP contribution in [0.2, 0.25) is 0 Å². The van der Waals surface area contributed by atoms with Gasteiger partial charge in [-0.15, -0.1) is 0 Å². The van der Waals surface area contributed by atoms with Crippen LogP contribution >= 0.6 is 0 Å². The van der Waals surface area contributed by atoms with E-state index in [0.29, 0.717) is 6.42 Å². The molecule has 0 aromatic heterocycles. The van der Waals surface area contributed by atoms with Gasteiger partial charge in [-0.1, -0.05) is 12.1 Å². The Kier molecular flexibility index (Phi) is 4.76. The summed E-state index contributed by atoms with van der Waals surface area (Å²) in [6, 6.07) is 9.08. The van der Waals surface area contributed by atoms with Gasteiger partial charge in [0.15, 0.2) is 0 Å². The van der Waals surface area contributed by atoms with E-state index >= 15 is 0 Å². The molecule has 0 aliphatic carbocycles. The predicted octanol–water partition coefficient (Wildman–Crippen LogP) is 2.72. The Morgan fingerprint density at radius 2 is 1.70 bits per heavy atom. The van der Waals surface area contributed by atoms with E-state index in [9.17, 15) is 13.2 Å². The molecule has 0 saturated heterocycles. The van der Waals surface area contributed by atoms with Crippen LogP contribution in [0.4, 0.5) is 13.2 Å². The predicted molar refractivity (Wildman–Crippen MR) is 71.3 cm³/mol. The maximum Gasteiger partial charge on any atom is 0.126 e. The summed E-state index contributed by atoms with van der Waals surface area (Å²) in [4.78, 5) is 0. The number of hydrogen-bond donors (Lipinski definition) is 2. The molecule has 0 aliphatic heterocycles. The van der Waals surface area contributed by atoms with Crippen LogP contribution in [0.25, 0.3) is 0 Å². The fourth-order valence-corrected chi connectivity index (χ4v) is 2.10. The van der Waals surface area contributed by atoms with Crippen molar-refractivity contribution < 1.29 is 13.2 Å². The summed E-state index contributed by atoms with van der Waals surface area (Å²) < 4.78 is 39.8. The minimum Gasteiger partial charge on any atom is -0.271 e. The molecule has 1 atom stereocenters. The van der Waals surface area contributed by atoms with Gasteiger partial charge < -0.3 is 0 Å². The van der Waals surface area contributed by atoms with Crippen molar-refractivity contribution in [2.75, 3.05) is 0 Å². The molecule has 0 amide bonds. The second-order valence-corrected chi connectivity index (χ2v) is 4.64. The van der Waals surface area contributed by atoms with E-state index in [1.54, 1.807) is 12.1 Å². The Bertz CT molecular complexity index is 587. The van der Waals surface area contributed by atoms with E-state index in [2.05, 4.69) is 5.43 Å². The smallest absolute Gasteiger partial charge is 0.126 e. The molecule has 1 unspecified atom stereocenters. The zero-order valence-corrected chi connectivity index (χ0v) is 10.7. The van der Waals surface area contributed by atoms with Crippen molar-refractivity contribution in [1.82, 2.24) is 5.43 Å². The van der Waals surface area contributed by atoms with Crippen molar-refractivity contribution in [3.63, 3.8) is 0 Å². The van der Waals surface area contributed by atoms with E-state index < -0.39 is 11.6 Å². The van der Waals surface area contributed by atoms with Gasteiger partial charge in [0.1, 0.15) is 17.5 Å². The molecule has 2 aromatic rings. The quantitative estimate of drug-likeness (QED) is 0.653. The van der Waals surface area contributed by atoms with Crippen molar-refractivity contribution in [2.24, 2.45) is 5.84 Å². The highest BCUT2D eigenvalue weighted by Crippen LogP contribution is 2.14. The number of benzene rings is 2. The maximum atomic E-state index is 13.6. The lowest BCUT2D eigenvalue weighted by molar-refractivity contribution is 0.501. The molecule has 0 fully saturated rings. The van der Waals surface area contributed by atoms with Crippen molar-refractivity contribution >= 4 is 0 Å². The van der Waals surface area contributed by atoms with Gasteiger partial charge in [0, 0.05) is 6.04 Å². The zero-order chi connectivity index (χ0) is 14.5. The molecule has 106 valence electrons. The number of nitrogens with two attached hydrogens (primary N) is 1. The highest BCUT2D eigenvalue weighted by atomic mass is 19.1. The monoisotopic (exact) mass is 280 g/mol. The molecule has 2 rings (SSSR count). The van der Waals surface area contributed by atoms with Crippen LogP contribution in [-0.2, 0) is 12.8 Å². The summed E-state index contributed by atoms with van der Waals surface area (Å²) >= 11 is 0. The maximum absolute atomic E-state index is 13.6. The molecular formula is C15H15F3N2. The topological polar surface area (TPSA) is 38.0 Å². The minimum absolute atomic E-state index is 0.219. The summed E-state index contributed by atoms with van der Waals surface area (Å²) in [6.45, 7) is 0. The van der Waals surface area contributed by atoms with Crippen molar-refractivity contribution in [2.45, 2.75) is 18.9 Å². The fourth-order valence-electron chi connectivity index (χ4n) is 2.10. The Balaban J connectivity index is 2.11. The van der Waals surface area contributed by atoms with E-state index in [0.717, 1.165) is 23.8 Å². The van der Waals surface area contributed by atoms with Gasteiger partial charge in [-0.2, -0.15) is 0 Å². The van der Waals surface area contributed by atoms with Crippen LogP contribution in [0, 0.1) is 17.5 Å². The number of hydrazine groups is 1. The number of nitrogens with one attached hydrogen (secondary N) is 1. The molecule has 0 saturated carbocycles. The molecule has 3 N–H and O–H groups in total. The van der Waals surface area contributed by atoms with Crippen molar-refractivity contribution in [3.8, 4) is 0 Å². The third kappa shape index (κ3) is 3.82. The molecule has 0 heterocycles. The third-order valence-electron chi connectivity index (χ3n) is 3.08. The van der Waals surface area contributed by atoms with Crippen LogP contribution in [-0.4, -0.2) is 6.04 Å². The summed E-state index contributed by atoms with van der Waals surface area (Å²) in [5.74, 6) is 4.12. The summed E-state index contributed by atoms with van der Waals surface area (Å²) in [5.41, 5.74) is 3.53. The standard InChI is InChI=1S/C15H15F3N2/c16-12-3-1-2-10(6-12)7-14(20-19)9-11-8-13(17)4-5-15(11)18/h1-6,8,14,20H,7,9,19H2. The third-order valence-corrected chi connectivity index (χ3v) is 3.08. The fraction of sp³-hybridized carbons (Fsp3) is 0.200. The van der Waals surface area contributed by atoms with Crippen molar-refractivity contribution in [1.29, 1.82) is 0 Å². The van der Waals surface area contributed by atoms with Crippen molar-refractivity contribution in [3.05, 3.63) is 71.0 Å². The molecule has 0 aliphatic rings. The Morgan fingerprint density at radius 3 is 2.40 bits per heavy atom. The van der Waals surface area contributed by atoms with Crippen LogP contribution in [0.3, 0.4) is 0 Å². The molecule has 0 spiro atoms. The number of halogens is 3. The summed E-state index contributed by atoms with van der Waals surface area (Å²) in [7, 11) is 0. The first-order valence-corrected chi connectivity index (χ1v) is 6.23. The molecule has 5 heteroatoms. The van der Waals surface area contributed by atoms with Gasteiger partial charge >= 0.3 is 0 Å². The van der Waals surface area contributed by atoms with Gasteiger partial charge in [0.25, 0.3) is 0 Å². The lowest BCUT2D eigenvalue weighted by Crippen LogP contribution is -2.38. The van der Waals surface area contributed by atoms with Gasteiger partial charge in [-0.05, 0) is 54.3 Å². The van der Waals surface area contributed by atoms with Gasteiger partial charge in [0.2, 0.25) is 0 Å². The lowest BCUT2D eigenvalue weighted by Gasteiger charge is -2.16. The second-order valence-electron chi connectivity index (χ2n) is 4.64. The first-order valence-electron chi connectivity index (χ1n) is 6.23. The first-order chi connectivity index (χ1) is 9.58. The molecular weight excluding hydrogens is 265 g/mol. The van der Waals surface area contributed by atoms with Crippen LogP contribution in [0.15, 0.2) is 42.5 Å². The average Bonchev–Trinajstić information content (AvgIpc) is 2.42. The van der Waals surface area contributed by atoms with E-state index in [1.165, 1.54) is 12.1 Å². The van der Waals surface area contributed by atoms with E-state index in [1.807, 2.05) is 0 Å². The molecule has 0 bridgehead atoms. The Labute approximate surface area is 115 Å². The SMILES string of the molecule is NNC(Cc1cccc(F)c1)Cc1cc(F)ccc1F. The number of hydrogen-bond acceptors (Lipinski definition) is 2. The highest BCUT2D eigenvalue weighted by molar-refractivity contribution is 5.22.